The van der Waals surface area contributed by atoms with E-state index in [0.717, 1.165) is 26.4 Å². The summed E-state index contributed by atoms with van der Waals surface area (Å²) >= 11 is 4.65. The fourth-order valence-electron chi connectivity index (χ4n) is 4.49. The van der Waals surface area contributed by atoms with Gasteiger partial charge in [0.15, 0.2) is 0 Å². The van der Waals surface area contributed by atoms with Crippen LogP contribution in [0.15, 0.2) is 54.6 Å². The number of hydrogen-bond acceptors (Lipinski definition) is 6. The van der Waals surface area contributed by atoms with E-state index >= 15 is 0 Å². The van der Waals surface area contributed by atoms with E-state index in [1.165, 1.54) is 50.5 Å². The normalized spacial score (nSPS) is 13.5. The smallest absolute Gasteiger partial charge is 0.338 e. The van der Waals surface area contributed by atoms with Crippen molar-refractivity contribution in [1.82, 2.24) is 4.98 Å². The highest BCUT2D eigenvalue weighted by Gasteiger charge is 2.19. The number of nitrogens with zero attached hydrogens (tertiary/aromatic N) is 1. The van der Waals surface area contributed by atoms with Crippen LogP contribution < -0.4 is 9.88 Å². The number of fused-ring (bicyclic) bond motifs is 1. The largest absolute Gasteiger partial charge is 0.496 e. The molecule has 3 N–H and O–H groups in total. The number of hydrogen-bond donors (Lipinski definition) is 3. The van der Waals surface area contributed by atoms with E-state index in [2.05, 4.69) is 42.2 Å². The summed E-state index contributed by atoms with van der Waals surface area (Å²) in [7, 11) is 1.44. The highest BCUT2D eigenvalue weighted by atomic mass is 32.1. The van der Waals surface area contributed by atoms with E-state index in [0.29, 0.717) is 17.2 Å². The molecule has 5 rings (SSSR count). The molecule has 0 bridgehead atoms. The van der Waals surface area contributed by atoms with Crippen LogP contribution in [0.25, 0.3) is 31.9 Å². The van der Waals surface area contributed by atoms with Gasteiger partial charge in [-0.1, -0.05) is 43.2 Å². The number of carboxylic acids is 1. The molecule has 0 amide bonds. The molecule has 0 saturated heterocycles. The number of carbonyl (C=O) groups is 1. The number of halogens is 1. The van der Waals surface area contributed by atoms with E-state index in [1.807, 2.05) is 18.2 Å². The lowest BCUT2D eigenvalue weighted by Crippen LogP contribution is -2.02. The van der Waals surface area contributed by atoms with Crippen molar-refractivity contribution in [1.29, 1.82) is 0 Å². The van der Waals surface area contributed by atoms with Gasteiger partial charge in [-0.25, -0.2) is 14.2 Å². The number of thiazole rings is 1. The van der Waals surface area contributed by atoms with E-state index in [-0.39, 0.29) is 0 Å². The maximum atomic E-state index is 14.3. The monoisotopic (exact) mass is 496 g/mol. The fourth-order valence-corrected chi connectivity index (χ4v) is 5.44. The second-order valence-corrected chi connectivity index (χ2v) is 9.17. The van der Waals surface area contributed by atoms with Crippen LogP contribution in [-0.4, -0.2) is 23.2 Å². The van der Waals surface area contributed by atoms with Crippen molar-refractivity contribution >= 4 is 40.3 Å². The highest BCUT2D eigenvalue weighted by molar-refractivity contribution is 7.77. The summed E-state index contributed by atoms with van der Waals surface area (Å²) < 4.78 is 20.7. The quantitative estimate of drug-likeness (QED) is 0.261. The molecule has 1 aliphatic rings. The first-order valence-corrected chi connectivity index (χ1v) is 12.2. The van der Waals surface area contributed by atoms with E-state index < -0.39 is 17.3 Å². The maximum Gasteiger partial charge on any atom is 0.338 e. The number of benzene rings is 3. The molecule has 1 aliphatic carbocycles. The van der Waals surface area contributed by atoms with Crippen LogP contribution in [0.5, 0.6) is 5.75 Å². The van der Waals surface area contributed by atoms with Crippen molar-refractivity contribution in [3.8, 4) is 27.4 Å². The number of rotatable bonds is 5. The van der Waals surface area contributed by atoms with Gasteiger partial charge in [-0.05, 0) is 54.2 Å². The summed E-state index contributed by atoms with van der Waals surface area (Å²) in [5.41, 5.74) is 4.11. The van der Waals surface area contributed by atoms with Gasteiger partial charge in [-0.15, -0.1) is 24.2 Å². The number of aromatic nitrogens is 1. The Morgan fingerprint density at radius 3 is 2.41 bits per heavy atom. The van der Waals surface area contributed by atoms with Crippen LogP contribution in [0.4, 0.5) is 4.39 Å². The number of carboxylic acid groups (broad SMARTS) is 1. The SMILES string of the molecule is COc1cc(C(=O)O)c(F)cc1-c1ccc2sc(-c3ccc(C4CCCC4)cc3)nc2c1.NS. The molecular formula is C26H25FN2O3S2. The van der Waals surface area contributed by atoms with Crippen molar-refractivity contribution in [2.45, 2.75) is 31.6 Å². The molecule has 0 spiro atoms. The summed E-state index contributed by atoms with van der Waals surface area (Å²) in [6.45, 7) is 0. The number of thiol groups is 1. The van der Waals surface area contributed by atoms with Crippen molar-refractivity contribution in [3.63, 3.8) is 0 Å². The van der Waals surface area contributed by atoms with E-state index in [4.69, 9.17) is 9.72 Å². The van der Waals surface area contributed by atoms with Crippen molar-refractivity contribution in [3.05, 3.63) is 71.5 Å². The Morgan fingerprint density at radius 2 is 1.76 bits per heavy atom. The second-order valence-electron chi connectivity index (χ2n) is 8.14. The van der Waals surface area contributed by atoms with Gasteiger partial charge in [0.05, 0.1) is 22.9 Å². The van der Waals surface area contributed by atoms with Crippen molar-refractivity contribution < 1.29 is 19.0 Å². The molecule has 1 saturated carbocycles. The second kappa shape index (κ2) is 10.5. The van der Waals surface area contributed by atoms with Gasteiger partial charge in [0, 0.05) is 11.1 Å². The average Bonchev–Trinajstić information content (AvgIpc) is 3.55. The Bertz CT molecular complexity index is 1320. The third-order valence-electron chi connectivity index (χ3n) is 6.20. The van der Waals surface area contributed by atoms with Gasteiger partial charge in [-0.3, -0.25) is 5.14 Å². The van der Waals surface area contributed by atoms with Crippen LogP contribution in [0.2, 0.25) is 0 Å². The van der Waals surface area contributed by atoms with E-state index in [1.54, 1.807) is 11.3 Å². The predicted molar refractivity (Wildman–Crippen MR) is 138 cm³/mol. The Morgan fingerprint density at radius 1 is 1.09 bits per heavy atom. The first-order valence-electron chi connectivity index (χ1n) is 10.9. The maximum absolute atomic E-state index is 14.3. The van der Waals surface area contributed by atoms with Gasteiger partial charge in [0.1, 0.15) is 16.6 Å². The van der Waals surface area contributed by atoms with Crippen molar-refractivity contribution in [2.75, 3.05) is 7.11 Å². The Kier molecular flexibility index (Phi) is 7.50. The predicted octanol–water partition coefficient (Wildman–Crippen LogP) is 6.92. The Hall–Kier alpha value is -2.94. The minimum atomic E-state index is -1.33. The molecule has 3 aromatic carbocycles. The first-order chi connectivity index (χ1) is 16.5. The summed E-state index contributed by atoms with van der Waals surface area (Å²) in [4.78, 5) is 16.1. The van der Waals surface area contributed by atoms with Gasteiger partial charge in [-0.2, -0.15) is 0 Å². The molecule has 176 valence electrons. The third kappa shape index (κ3) is 4.80. The summed E-state index contributed by atoms with van der Waals surface area (Å²) in [5, 5.41) is 14.3. The molecule has 0 atom stereocenters. The number of ether oxygens (including phenoxy) is 1. The first kappa shape index (κ1) is 24.2. The summed E-state index contributed by atoms with van der Waals surface area (Å²) in [5.74, 6) is -1.13. The topological polar surface area (TPSA) is 85.4 Å². The highest BCUT2D eigenvalue weighted by Crippen LogP contribution is 2.38. The molecule has 0 unspecified atom stereocenters. The Balaban J connectivity index is 0.00000133. The minimum Gasteiger partial charge on any atom is -0.496 e. The van der Waals surface area contributed by atoms with Crippen LogP contribution in [0.1, 0.15) is 47.5 Å². The van der Waals surface area contributed by atoms with Crippen LogP contribution >= 0.6 is 24.2 Å². The lowest BCUT2D eigenvalue weighted by molar-refractivity contribution is 0.0691. The van der Waals surface area contributed by atoms with Crippen LogP contribution in [0, 0.1) is 5.82 Å². The zero-order chi connectivity index (χ0) is 24.2. The molecule has 5 nitrogen and oxygen atoms in total. The number of methoxy groups -OCH3 is 1. The molecule has 1 heterocycles. The molecule has 0 aliphatic heterocycles. The standard InChI is InChI=1S/C26H22FNO3S.H3NS/c1-31-23-14-20(26(29)30)21(27)13-19(23)18-10-11-24-22(12-18)28-25(32-24)17-8-6-16(7-9-17)15-4-2-3-5-15;1-2/h6-15H,2-5H2,1H3,(H,29,30);2H,1H2. The van der Waals surface area contributed by atoms with Gasteiger partial charge in [0.25, 0.3) is 0 Å². The molecule has 0 radical (unpaired) electrons. The van der Waals surface area contributed by atoms with E-state index in [9.17, 15) is 14.3 Å². The summed E-state index contributed by atoms with van der Waals surface area (Å²) in [6.07, 6.45) is 5.20. The minimum absolute atomic E-state index is 0.307. The van der Waals surface area contributed by atoms with Gasteiger partial charge in [0.2, 0.25) is 0 Å². The lowest BCUT2D eigenvalue weighted by Gasteiger charge is -2.10. The summed E-state index contributed by atoms with van der Waals surface area (Å²) in [6, 6.07) is 16.9. The molecule has 1 fully saturated rings. The van der Waals surface area contributed by atoms with Crippen LogP contribution in [0.3, 0.4) is 0 Å². The zero-order valence-electron chi connectivity index (χ0n) is 18.6. The molecular weight excluding hydrogens is 471 g/mol. The van der Waals surface area contributed by atoms with Crippen LogP contribution in [-0.2, 0) is 0 Å². The molecule has 8 heteroatoms. The molecule has 1 aromatic heterocycles. The number of nitrogens with two attached hydrogens (primary N) is 1. The Labute approximate surface area is 207 Å². The third-order valence-corrected chi connectivity index (χ3v) is 7.29. The lowest BCUT2D eigenvalue weighted by atomic mass is 9.97. The zero-order valence-corrected chi connectivity index (χ0v) is 20.3. The fraction of sp³-hybridized carbons (Fsp3) is 0.231. The molecule has 4 aromatic rings. The van der Waals surface area contributed by atoms with Gasteiger partial charge >= 0.3 is 5.97 Å². The molecule has 34 heavy (non-hydrogen) atoms. The van der Waals surface area contributed by atoms with Gasteiger partial charge < -0.3 is 9.84 Å². The average molecular weight is 497 g/mol. The van der Waals surface area contributed by atoms with Crippen molar-refractivity contribution in [2.24, 2.45) is 5.14 Å². The number of aromatic carboxylic acids is 1.